The molecule has 1 aromatic rings. The zero-order chi connectivity index (χ0) is 14.1. The maximum atomic E-state index is 5.55. The Bertz CT molecular complexity index is 370. The molecule has 5 nitrogen and oxygen atoms in total. The zero-order valence-corrected chi connectivity index (χ0v) is 12.4. The van der Waals surface area contributed by atoms with Crippen molar-refractivity contribution in [1.29, 1.82) is 0 Å². The van der Waals surface area contributed by atoms with Crippen LogP contribution in [0.5, 0.6) is 11.9 Å². The molecule has 19 heavy (non-hydrogen) atoms. The maximum Gasteiger partial charge on any atom is 0.319 e. The molecule has 0 aliphatic carbocycles. The summed E-state index contributed by atoms with van der Waals surface area (Å²) >= 11 is 0. The molecule has 0 radical (unpaired) electrons. The summed E-state index contributed by atoms with van der Waals surface area (Å²) in [7, 11) is 0. The van der Waals surface area contributed by atoms with Gasteiger partial charge in [-0.05, 0) is 26.3 Å². The van der Waals surface area contributed by atoms with Crippen LogP contribution in [-0.4, -0.2) is 35.8 Å². The number of aryl methyl sites for hydroxylation is 1. The summed E-state index contributed by atoms with van der Waals surface area (Å²) < 4.78 is 11.0. The molecule has 0 atom stereocenters. The molecule has 0 aromatic carbocycles. The monoisotopic (exact) mass is 267 g/mol. The summed E-state index contributed by atoms with van der Waals surface area (Å²) in [6, 6.07) is 2.72. The molecular formula is C14H25N3O2. The minimum Gasteiger partial charge on any atom is -0.478 e. The Balaban J connectivity index is 2.38. The SMILES string of the molecule is CCCOc1cc(C)nc(OCCCNC(C)C)n1. The fourth-order valence-electron chi connectivity index (χ4n) is 1.48. The van der Waals surface area contributed by atoms with Gasteiger partial charge >= 0.3 is 6.01 Å². The second kappa shape index (κ2) is 8.69. The first kappa shape index (κ1) is 15.7. The van der Waals surface area contributed by atoms with Crippen LogP contribution in [0.4, 0.5) is 0 Å². The lowest BCUT2D eigenvalue weighted by atomic mass is 10.3. The molecule has 108 valence electrons. The van der Waals surface area contributed by atoms with E-state index in [0.29, 0.717) is 31.1 Å². The summed E-state index contributed by atoms with van der Waals surface area (Å²) in [6.07, 6.45) is 1.89. The molecular weight excluding hydrogens is 242 g/mol. The van der Waals surface area contributed by atoms with Gasteiger partial charge in [0.2, 0.25) is 5.88 Å². The van der Waals surface area contributed by atoms with E-state index in [1.165, 1.54) is 0 Å². The van der Waals surface area contributed by atoms with Gasteiger partial charge < -0.3 is 14.8 Å². The topological polar surface area (TPSA) is 56.3 Å². The quantitative estimate of drug-likeness (QED) is 0.696. The lowest BCUT2D eigenvalue weighted by molar-refractivity contribution is 0.264. The predicted octanol–water partition coefficient (Wildman–Crippen LogP) is 2.34. The molecule has 1 aromatic heterocycles. The number of rotatable bonds is 9. The van der Waals surface area contributed by atoms with Crippen LogP contribution in [0.25, 0.3) is 0 Å². The van der Waals surface area contributed by atoms with Gasteiger partial charge in [-0.2, -0.15) is 4.98 Å². The van der Waals surface area contributed by atoms with E-state index in [2.05, 4.69) is 36.1 Å². The lowest BCUT2D eigenvalue weighted by Crippen LogP contribution is -2.24. The molecule has 1 heterocycles. The van der Waals surface area contributed by atoms with Gasteiger partial charge in [-0.1, -0.05) is 20.8 Å². The highest BCUT2D eigenvalue weighted by atomic mass is 16.5. The largest absolute Gasteiger partial charge is 0.478 e. The lowest BCUT2D eigenvalue weighted by Gasteiger charge is -2.09. The number of aromatic nitrogens is 2. The van der Waals surface area contributed by atoms with Crippen LogP contribution in [0.1, 0.15) is 39.3 Å². The summed E-state index contributed by atoms with van der Waals surface area (Å²) in [5.74, 6) is 0.588. The van der Waals surface area contributed by atoms with Crippen LogP contribution in [-0.2, 0) is 0 Å². The number of hydrogen-bond acceptors (Lipinski definition) is 5. The van der Waals surface area contributed by atoms with Crippen molar-refractivity contribution in [3.63, 3.8) is 0 Å². The number of hydrogen-bond donors (Lipinski definition) is 1. The van der Waals surface area contributed by atoms with Crippen LogP contribution >= 0.6 is 0 Å². The number of nitrogens with zero attached hydrogens (tertiary/aromatic N) is 2. The Labute approximate surface area is 115 Å². The van der Waals surface area contributed by atoms with Crippen molar-refractivity contribution >= 4 is 0 Å². The highest BCUT2D eigenvalue weighted by molar-refractivity contribution is 5.17. The highest BCUT2D eigenvalue weighted by Crippen LogP contribution is 2.13. The van der Waals surface area contributed by atoms with Gasteiger partial charge in [-0.25, -0.2) is 4.98 Å². The molecule has 5 heteroatoms. The van der Waals surface area contributed by atoms with E-state index < -0.39 is 0 Å². The highest BCUT2D eigenvalue weighted by Gasteiger charge is 2.04. The first-order valence-electron chi connectivity index (χ1n) is 6.96. The van der Waals surface area contributed by atoms with E-state index in [9.17, 15) is 0 Å². The molecule has 0 aliphatic rings. The minimum absolute atomic E-state index is 0.399. The fraction of sp³-hybridized carbons (Fsp3) is 0.714. The Morgan fingerprint density at radius 3 is 2.68 bits per heavy atom. The summed E-state index contributed by atoms with van der Waals surface area (Å²) in [4.78, 5) is 8.47. The van der Waals surface area contributed by atoms with Gasteiger partial charge in [0.15, 0.2) is 0 Å². The van der Waals surface area contributed by atoms with E-state index in [1.807, 2.05) is 13.0 Å². The summed E-state index contributed by atoms with van der Waals surface area (Å²) in [5.41, 5.74) is 0.858. The molecule has 0 unspecified atom stereocenters. The molecule has 0 aliphatic heterocycles. The van der Waals surface area contributed by atoms with Crippen LogP contribution in [0.2, 0.25) is 0 Å². The first-order chi connectivity index (χ1) is 9.11. The maximum absolute atomic E-state index is 5.55. The molecule has 1 N–H and O–H groups in total. The van der Waals surface area contributed by atoms with Crippen molar-refractivity contribution in [3.05, 3.63) is 11.8 Å². The van der Waals surface area contributed by atoms with Crippen molar-refractivity contribution in [2.24, 2.45) is 0 Å². The molecule has 0 fully saturated rings. The van der Waals surface area contributed by atoms with Gasteiger partial charge in [-0.15, -0.1) is 0 Å². The van der Waals surface area contributed by atoms with E-state index in [1.54, 1.807) is 0 Å². The van der Waals surface area contributed by atoms with Gasteiger partial charge in [0.25, 0.3) is 0 Å². The third kappa shape index (κ3) is 6.96. The van der Waals surface area contributed by atoms with Gasteiger partial charge in [0.05, 0.1) is 13.2 Å². The third-order valence-corrected chi connectivity index (χ3v) is 2.37. The van der Waals surface area contributed by atoms with Gasteiger partial charge in [0.1, 0.15) is 0 Å². The Morgan fingerprint density at radius 1 is 1.21 bits per heavy atom. The van der Waals surface area contributed by atoms with Crippen LogP contribution in [0, 0.1) is 6.92 Å². The van der Waals surface area contributed by atoms with Gasteiger partial charge in [0, 0.05) is 17.8 Å². The smallest absolute Gasteiger partial charge is 0.319 e. The van der Waals surface area contributed by atoms with Crippen molar-refractivity contribution in [3.8, 4) is 11.9 Å². The molecule has 0 saturated carbocycles. The van der Waals surface area contributed by atoms with E-state index in [0.717, 1.165) is 25.1 Å². The average molecular weight is 267 g/mol. The molecule has 0 spiro atoms. The summed E-state index contributed by atoms with van der Waals surface area (Å²) in [6.45, 7) is 10.4. The summed E-state index contributed by atoms with van der Waals surface area (Å²) in [5, 5.41) is 3.34. The van der Waals surface area contributed by atoms with Gasteiger partial charge in [-0.3, -0.25) is 0 Å². The Hall–Kier alpha value is -1.36. The second-order valence-corrected chi connectivity index (χ2v) is 4.79. The number of ether oxygens (including phenoxy) is 2. The van der Waals surface area contributed by atoms with Crippen molar-refractivity contribution in [1.82, 2.24) is 15.3 Å². The third-order valence-electron chi connectivity index (χ3n) is 2.37. The predicted molar refractivity (Wildman–Crippen MR) is 75.8 cm³/mol. The van der Waals surface area contributed by atoms with Crippen LogP contribution in [0.15, 0.2) is 6.07 Å². The van der Waals surface area contributed by atoms with E-state index in [-0.39, 0.29) is 0 Å². The number of nitrogens with one attached hydrogen (secondary N) is 1. The molecule has 1 rings (SSSR count). The molecule has 0 saturated heterocycles. The first-order valence-corrected chi connectivity index (χ1v) is 6.96. The Morgan fingerprint density at radius 2 is 2.00 bits per heavy atom. The van der Waals surface area contributed by atoms with Crippen LogP contribution in [0.3, 0.4) is 0 Å². The normalized spacial score (nSPS) is 10.8. The standard InChI is InChI=1S/C14H25N3O2/c1-5-8-18-13-10-12(4)16-14(17-13)19-9-6-7-15-11(2)3/h10-11,15H,5-9H2,1-4H3. The van der Waals surface area contributed by atoms with Crippen molar-refractivity contribution in [2.75, 3.05) is 19.8 Å². The Kier molecular flexibility index (Phi) is 7.18. The van der Waals surface area contributed by atoms with Crippen molar-refractivity contribution in [2.45, 2.75) is 46.6 Å². The molecule has 0 bridgehead atoms. The van der Waals surface area contributed by atoms with E-state index in [4.69, 9.17) is 9.47 Å². The second-order valence-electron chi connectivity index (χ2n) is 4.79. The fourth-order valence-corrected chi connectivity index (χ4v) is 1.48. The molecule has 0 amide bonds. The van der Waals surface area contributed by atoms with Crippen molar-refractivity contribution < 1.29 is 9.47 Å². The van der Waals surface area contributed by atoms with E-state index >= 15 is 0 Å². The zero-order valence-electron chi connectivity index (χ0n) is 12.4. The minimum atomic E-state index is 0.399. The average Bonchev–Trinajstić information content (AvgIpc) is 2.35. The van der Waals surface area contributed by atoms with Crippen LogP contribution < -0.4 is 14.8 Å².